The molecule has 2 heterocycles. The van der Waals surface area contributed by atoms with Gasteiger partial charge in [0.2, 0.25) is 0 Å². The van der Waals surface area contributed by atoms with Crippen LogP contribution in [0.25, 0.3) is 0 Å². The Hall–Kier alpha value is -4.33. The van der Waals surface area contributed by atoms with Gasteiger partial charge in [-0.2, -0.15) is 14.0 Å². The number of rotatable bonds is 9. The van der Waals surface area contributed by atoms with E-state index in [9.17, 15) is 23.6 Å². The van der Waals surface area contributed by atoms with Crippen molar-refractivity contribution in [1.82, 2.24) is 4.57 Å². The Bertz CT molecular complexity index is 1230. The number of halogens is 2. The van der Waals surface area contributed by atoms with Gasteiger partial charge < -0.3 is 28.5 Å². The lowest BCUT2D eigenvalue weighted by Gasteiger charge is -2.14. The molecular weight excluding hydrogens is 452 g/mol. The summed E-state index contributed by atoms with van der Waals surface area (Å²) in [5.41, 5.74) is 1.33. The van der Waals surface area contributed by atoms with Crippen molar-refractivity contribution >= 4 is 17.7 Å². The number of furan rings is 1. The first kappa shape index (κ1) is 24.3. The number of carbonyl (C=O) groups excluding carboxylic acids is 2. The molecule has 0 spiro atoms. The van der Waals surface area contributed by atoms with Gasteiger partial charge in [-0.1, -0.05) is 6.07 Å². The number of ether oxygens (including phenoxy) is 3. The Balaban J connectivity index is 1.77. The topological polar surface area (TPSA) is 116 Å². The van der Waals surface area contributed by atoms with Crippen molar-refractivity contribution in [2.24, 2.45) is 0 Å². The Kier molecular flexibility index (Phi) is 7.53. The number of alkyl halides is 2. The smallest absolute Gasteiger partial charge is 0.387 e. The summed E-state index contributed by atoms with van der Waals surface area (Å²) in [5, 5.41) is 12.2. The number of nitriles is 1. The van der Waals surface area contributed by atoms with Crippen LogP contribution in [0.15, 0.2) is 41.0 Å². The van der Waals surface area contributed by atoms with Crippen LogP contribution in [0.3, 0.4) is 0 Å². The van der Waals surface area contributed by atoms with Crippen LogP contribution in [0.5, 0.6) is 11.5 Å². The van der Waals surface area contributed by atoms with E-state index in [4.69, 9.17) is 13.9 Å². The van der Waals surface area contributed by atoms with E-state index >= 15 is 0 Å². The second-order valence-electron chi connectivity index (χ2n) is 7.05. The predicted octanol–water partition coefficient (Wildman–Crippen LogP) is 4.02. The van der Waals surface area contributed by atoms with Crippen molar-refractivity contribution in [3.8, 4) is 17.6 Å². The number of aromatic nitrogens is 1. The van der Waals surface area contributed by atoms with Gasteiger partial charge in [0.15, 0.2) is 18.1 Å². The maximum atomic E-state index is 12.8. The highest BCUT2D eigenvalue weighted by atomic mass is 19.3. The summed E-state index contributed by atoms with van der Waals surface area (Å²) in [6.45, 7) is -0.144. The van der Waals surface area contributed by atoms with Gasteiger partial charge in [-0.05, 0) is 43.7 Å². The standard InChI is InChI=1S/C23H21F2N3O6/c1-13-14(2)28(11-15-6-5-9-32-15)21(17(13)10-26)27-19(29)12-33-22(30)16-7-4-8-18(31-3)20(16)34-23(24)25/h4-9,23H,11-12H2,1-3H3,(H,27,29). The van der Waals surface area contributed by atoms with Crippen molar-refractivity contribution in [3.63, 3.8) is 0 Å². The van der Waals surface area contributed by atoms with E-state index in [2.05, 4.69) is 16.1 Å². The lowest BCUT2D eigenvalue weighted by atomic mass is 10.2. The summed E-state index contributed by atoms with van der Waals surface area (Å²) in [4.78, 5) is 25.0. The van der Waals surface area contributed by atoms with Crippen molar-refractivity contribution < 1.29 is 37.0 Å². The Morgan fingerprint density at radius 3 is 2.62 bits per heavy atom. The first-order valence-corrected chi connectivity index (χ1v) is 9.97. The second-order valence-corrected chi connectivity index (χ2v) is 7.05. The molecule has 1 N–H and O–H groups in total. The number of anilines is 1. The lowest BCUT2D eigenvalue weighted by molar-refractivity contribution is -0.119. The first-order chi connectivity index (χ1) is 16.3. The molecule has 0 aliphatic rings. The average Bonchev–Trinajstić information content (AvgIpc) is 3.40. The minimum Gasteiger partial charge on any atom is -0.493 e. The van der Waals surface area contributed by atoms with Crippen LogP contribution in [0, 0.1) is 25.2 Å². The second kappa shape index (κ2) is 10.5. The van der Waals surface area contributed by atoms with Gasteiger partial charge in [0.1, 0.15) is 23.2 Å². The number of benzene rings is 1. The molecule has 0 saturated carbocycles. The molecule has 2 aromatic heterocycles. The number of carbonyl (C=O) groups is 2. The van der Waals surface area contributed by atoms with E-state index in [1.165, 1.54) is 31.6 Å². The van der Waals surface area contributed by atoms with Crippen LogP contribution < -0.4 is 14.8 Å². The van der Waals surface area contributed by atoms with Crippen LogP contribution in [0.2, 0.25) is 0 Å². The molecule has 1 amide bonds. The maximum Gasteiger partial charge on any atom is 0.387 e. The van der Waals surface area contributed by atoms with Gasteiger partial charge in [-0.25, -0.2) is 4.79 Å². The molecule has 9 nitrogen and oxygen atoms in total. The van der Waals surface area contributed by atoms with Gasteiger partial charge in [-0.3, -0.25) is 4.79 Å². The number of methoxy groups -OCH3 is 1. The van der Waals surface area contributed by atoms with E-state index in [0.29, 0.717) is 11.3 Å². The number of nitrogens with one attached hydrogen (secondary N) is 1. The molecular formula is C23H21F2N3O6. The van der Waals surface area contributed by atoms with E-state index in [1.54, 1.807) is 30.5 Å². The van der Waals surface area contributed by atoms with Crippen molar-refractivity contribution in [2.45, 2.75) is 27.0 Å². The summed E-state index contributed by atoms with van der Waals surface area (Å²) in [5.74, 6) is -1.58. The highest BCUT2D eigenvalue weighted by Gasteiger charge is 2.24. The molecule has 0 saturated heterocycles. The van der Waals surface area contributed by atoms with Gasteiger partial charge in [0.05, 0.1) is 25.5 Å². The summed E-state index contributed by atoms with van der Waals surface area (Å²) in [6.07, 6.45) is 1.51. The first-order valence-electron chi connectivity index (χ1n) is 9.97. The third kappa shape index (κ3) is 5.17. The quantitative estimate of drug-likeness (QED) is 0.467. The van der Waals surface area contributed by atoms with Crippen molar-refractivity contribution in [3.05, 3.63) is 64.7 Å². The predicted molar refractivity (Wildman–Crippen MR) is 115 cm³/mol. The van der Waals surface area contributed by atoms with E-state index < -0.39 is 30.8 Å². The van der Waals surface area contributed by atoms with Crippen LogP contribution in [0.4, 0.5) is 14.6 Å². The zero-order valence-electron chi connectivity index (χ0n) is 18.6. The summed E-state index contributed by atoms with van der Waals surface area (Å²) < 4.78 is 47.0. The minimum atomic E-state index is -3.20. The van der Waals surface area contributed by atoms with Gasteiger partial charge in [-0.15, -0.1) is 0 Å². The van der Waals surface area contributed by atoms with Crippen LogP contribution >= 0.6 is 0 Å². The molecule has 0 aliphatic heterocycles. The van der Waals surface area contributed by atoms with Gasteiger partial charge in [0, 0.05) is 5.69 Å². The monoisotopic (exact) mass is 473 g/mol. The Morgan fingerprint density at radius 2 is 2.00 bits per heavy atom. The molecule has 0 fully saturated rings. The fourth-order valence-corrected chi connectivity index (χ4v) is 3.31. The fraction of sp³-hybridized carbons (Fsp3) is 0.261. The summed E-state index contributed by atoms with van der Waals surface area (Å²) in [6, 6.07) is 9.46. The average molecular weight is 473 g/mol. The minimum absolute atomic E-state index is 0.0976. The number of esters is 1. The zero-order chi connectivity index (χ0) is 24.8. The number of hydrogen-bond donors (Lipinski definition) is 1. The number of para-hydroxylation sites is 1. The normalized spacial score (nSPS) is 10.6. The van der Waals surface area contributed by atoms with E-state index in [0.717, 1.165) is 5.69 Å². The highest BCUT2D eigenvalue weighted by molar-refractivity contribution is 5.97. The van der Waals surface area contributed by atoms with Crippen LogP contribution in [-0.4, -0.2) is 36.8 Å². The zero-order valence-corrected chi connectivity index (χ0v) is 18.6. The molecule has 0 unspecified atom stereocenters. The Labute approximate surface area is 193 Å². The molecule has 1 aromatic carbocycles. The van der Waals surface area contributed by atoms with Crippen molar-refractivity contribution in [2.75, 3.05) is 19.0 Å². The number of hydrogen-bond acceptors (Lipinski definition) is 7. The molecule has 178 valence electrons. The van der Waals surface area contributed by atoms with Gasteiger partial charge in [0.25, 0.3) is 5.91 Å². The van der Waals surface area contributed by atoms with E-state index in [1.807, 2.05) is 0 Å². The van der Waals surface area contributed by atoms with E-state index in [-0.39, 0.29) is 29.2 Å². The highest BCUT2D eigenvalue weighted by Crippen LogP contribution is 2.33. The molecule has 0 aliphatic carbocycles. The van der Waals surface area contributed by atoms with Crippen LogP contribution in [-0.2, 0) is 16.1 Å². The Morgan fingerprint density at radius 1 is 1.24 bits per heavy atom. The third-order valence-electron chi connectivity index (χ3n) is 5.05. The molecule has 0 bridgehead atoms. The summed E-state index contributed by atoms with van der Waals surface area (Å²) >= 11 is 0. The summed E-state index contributed by atoms with van der Waals surface area (Å²) in [7, 11) is 1.23. The molecule has 3 rings (SSSR count). The molecule has 34 heavy (non-hydrogen) atoms. The number of amides is 1. The largest absolute Gasteiger partial charge is 0.493 e. The number of nitrogens with zero attached hydrogens (tertiary/aromatic N) is 2. The molecule has 3 aromatic rings. The molecule has 0 radical (unpaired) electrons. The SMILES string of the molecule is COc1cccc(C(=O)OCC(=O)Nc2c(C#N)c(C)c(C)n2Cc2ccco2)c1OC(F)F. The third-order valence-corrected chi connectivity index (χ3v) is 5.05. The fourth-order valence-electron chi connectivity index (χ4n) is 3.31. The lowest BCUT2D eigenvalue weighted by Crippen LogP contribution is -2.23. The molecule has 0 atom stereocenters. The van der Waals surface area contributed by atoms with Gasteiger partial charge >= 0.3 is 12.6 Å². The molecule has 11 heteroatoms. The maximum absolute atomic E-state index is 12.8. The van der Waals surface area contributed by atoms with Crippen molar-refractivity contribution in [1.29, 1.82) is 5.26 Å². The van der Waals surface area contributed by atoms with Crippen LogP contribution in [0.1, 0.15) is 32.9 Å².